The van der Waals surface area contributed by atoms with E-state index in [0.29, 0.717) is 0 Å². The maximum Gasteiger partial charge on any atom is 0.146 e. The second-order valence-electron chi connectivity index (χ2n) is 11.0. The molecule has 0 saturated heterocycles. The quantitative estimate of drug-likeness (QED) is 0.198. The van der Waals surface area contributed by atoms with Gasteiger partial charge in [0.2, 0.25) is 0 Å². The Hall–Kier alpha value is -3.13. The third-order valence-corrected chi connectivity index (χ3v) is 7.77. The summed E-state index contributed by atoms with van der Waals surface area (Å²) in [6.07, 6.45) is 1.08. The average molecular weight is 569 g/mol. The number of imidazole rings is 1. The Labute approximate surface area is 258 Å². The predicted molar refractivity (Wildman–Crippen MR) is 193 cm³/mol. The standard InChI is InChI=1S/C32H36N2.4C2H6/c1-10-32(8,9)26-17-20(4)16-25-24-15-18(2)11-12-27(24)34-30(23(7)33-31(34)29(25)26)28-21(5)13-19(3)14-22(28)6;4*1-2/h11-17H,10H2,1-9H3;4*1-2H3. The summed E-state index contributed by atoms with van der Waals surface area (Å²) < 4.78 is 2.45. The molecular weight excluding hydrogens is 508 g/mol. The molecule has 230 valence electrons. The highest BCUT2D eigenvalue weighted by molar-refractivity contribution is 6.14. The number of aromatic nitrogens is 2. The molecule has 0 fully saturated rings. The van der Waals surface area contributed by atoms with Gasteiger partial charge < -0.3 is 0 Å². The smallest absolute Gasteiger partial charge is 0.146 e. The number of aryl methyl sites for hydroxylation is 6. The third kappa shape index (κ3) is 6.91. The second kappa shape index (κ2) is 15.9. The lowest BCUT2D eigenvalue weighted by molar-refractivity contribution is 0.510. The molecule has 2 heteroatoms. The van der Waals surface area contributed by atoms with Gasteiger partial charge in [-0.05, 0) is 87.6 Å². The first kappa shape index (κ1) is 36.9. The van der Waals surface area contributed by atoms with E-state index in [-0.39, 0.29) is 5.41 Å². The summed E-state index contributed by atoms with van der Waals surface area (Å²) in [6.45, 7) is 36.2. The van der Waals surface area contributed by atoms with Crippen LogP contribution in [0.25, 0.3) is 38.6 Å². The van der Waals surface area contributed by atoms with Gasteiger partial charge >= 0.3 is 0 Å². The Kier molecular flexibility index (Phi) is 14.0. The molecule has 2 aromatic heterocycles. The van der Waals surface area contributed by atoms with Crippen LogP contribution < -0.4 is 0 Å². The molecule has 0 atom stereocenters. The van der Waals surface area contributed by atoms with Crippen molar-refractivity contribution >= 4 is 27.3 Å². The van der Waals surface area contributed by atoms with Crippen LogP contribution in [0, 0.1) is 41.5 Å². The van der Waals surface area contributed by atoms with Gasteiger partial charge in [-0.15, -0.1) is 0 Å². The predicted octanol–water partition coefficient (Wildman–Crippen LogP) is 13.0. The number of hydrogen-bond acceptors (Lipinski definition) is 1. The normalized spacial score (nSPS) is 10.6. The number of pyridine rings is 1. The van der Waals surface area contributed by atoms with Crippen molar-refractivity contribution in [3.63, 3.8) is 0 Å². The molecule has 0 amide bonds. The lowest BCUT2D eigenvalue weighted by atomic mass is 9.78. The molecule has 0 aliphatic carbocycles. The molecule has 0 aliphatic rings. The van der Waals surface area contributed by atoms with Crippen molar-refractivity contribution in [2.45, 2.75) is 130 Å². The zero-order valence-electron chi connectivity index (χ0n) is 30.1. The van der Waals surface area contributed by atoms with Crippen LogP contribution in [0.4, 0.5) is 0 Å². The Balaban J connectivity index is 0.00000102. The first-order chi connectivity index (χ1) is 20.0. The first-order valence-electron chi connectivity index (χ1n) is 16.5. The summed E-state index contributed by atoms with van der Waals surface area (Å²) in [5.41, 5.74) is 13.9. The molecule has 0 saturated carbocycles. The summed E-state index contributed by atoms with van der Waals surface area (Å²) >= 11 is 0. The molecule has 5 aromatic rings. The minimum atomic E-state index is 0.0535. The number of fused-ring (bicyclic) bond motifs is 6. The van der Waals surface area contributed by atoms with Gasteiger partial charge in [0.05, 0.1) is 16.9 Å². The average Bonchev–Trinajstić information content (AvgIpc) is 3.32. The molecule has 0 radical (unpaired) electrons. The number of benzene rings is 3. The van der Waals surface area contributed by atoms with Crippen molar-refractivity contribution in [3.05, 3.63) is 81.5 Å². The van der Waals surface area contributed by atoms with Crippen molar-refractivity contribution < 1.29 is 0 Å². The summed E-state index contributed by atoms with van der Waals surface area (Å²) in [7, 11) is 0. The summed E-state index contributed by atoms with van der Waals surface area (Å²) in [5.74, 6) is 0. The maximum atomic E-state index is 5.30. The highest BCUT2D eigenvalue weighted by atomic mass is 15.0. The molecule has 3 aromatic carbocycles. The van der Waals surface area contributed by atoms with E-state index in [4.69, 9.17) is 4.98 Å². The molecular formula is C40H60N2. The molecule has 0 aliphatic heterocycles. The lowest BCUT2D eigenvalue weighted by Crippen LogP contribution is -2.17. The first-order valence-corrected chi connectivity index (χ1v) is 16.5. The van der Waals surface area contributed by atoms with Crippen LogP contribution >= 0.6 is 0 Å². The van der Waals surface area contributed by atoms with Crippen molar-refractivity contribution in [2.75, 3.05) is 0 Å². The van der Waals surface area contributed by atoms with Crippen LogP contribution in [-0.2, 0) is 5.41 Å². The maximum absolute atomic E-state index is 5.30. The Morgan fingerprint density at radius 3 is 1.67 bits per heavy atom. The zero-order valence-corrected chi connectivity index (χ0v) is 30.1. The van der Waals surface area contributed by atoms with Crippen LogP contribution in [0.15, 0.2) is 42.5 Å². The fourth-order valence-electron chi connectivity index (χ4n) is 5.80. The van der Waals surface area contributed by atoms with E-state index in [1.807, 2.05) is 55.4 Å². The molecule has 42 heavy (non-hydrogen) atoms. The van der Waals surface area contributed by atoms with Crippen molar-refractivity contribution in [1.29, 1.82) is 0 Å². The molecule has 2 heterocycles. The monoisotopic (exact) mass is 568 g/mol. The summed E-state index contributed by atoms with van der Waals surface area (Å²) in [5, 5.41) is 3.92. The molecule has 0 unspecified atom stereocenters. The van der Waals surface area contributed by atoms with Crippen molar-refractivity contribution in [1.82, 2.24) is 9.38 Å². The Morgan fingerprint density at radius 2 is 1.14 bits per heavy atom. The van der Waals surface area contributed by atoms with Gasteiger partial charge in [-0.1, -0.05) is 123 Å². The molecule has 2 nitrogen and oxygen atoms in total. The van der Waals surface area contributed by atoms with Crippen LogP contribution in [0.5, 0.6) is 0 Å². The Morgan fingerprint density at radius 1 is 0.643 bits per heavy atom. The number of nitrogens with zero attached hydrogens (tertiary/aromatic N) is 2. The van der Waals surface area contributed by atoms with E-state index in [0.717, 1.165) is 17.8 Å². The van der Waals surface area contributed by atoms with E-state index in [9.17, 15) is 0 Å². The fraction of sp³-hybridized carbons (Fsp3) is 0.475. The van der Waals surface area contributed by atoms with Crippen LogP contribution in [-0.4, -0.2) is 9.38 Å². The highest BCUT2D eigenvalue weighted by Crippen LogP contribution is 2.42. The summed E-state index contributed by atoms with van der Waals surface area (Å²) in [6, 6.07) is 16.2. The molecule has 0 spiro atoms. The highest BCUT2D eigenvalue weighted by Gasteiger charge is 2.26. The SMILES string of the molecule is CC.CC.CC.CC.CCC(C)(C)c1cc(C)cc2c3cc(C)ccc3n3c(-c4c(C)cc(C)cc4C)c(C)nc3c12. The zero-order chi connectivity index (χ0) is 32.5. The van der Waals surface area contributed by atoms with Crippen LogP contribution in [0.1, 0.15) is 122 Å². The van der Waals surface area contributed by atoms with Gasteiger partial charge in [0.25, 0.3) is 0 Å². The third-order valence-electron chi connectivity index (χ3n) is 7.77. The lowest BCUT2D eigenvalue weighted by Gasteiger charge is -2.27. The van der Waals surface area contributed by atoms with Gasteiger partial charge in [0, 0.05) is 16.3 Å². The van der Waals surface area contributed by atoms with Gasteiger partial charge in [-0.2, -0.15) is 0 Å². The van der Waals surface area contributed by atoms with E-state index in [2.05, 4.69) is 109 Å². The van der Waals surface area contributed by atoms with Crippen molar-refractivity contribution in [2.24, 2.45) is 0 Å². The minimum Gasteiger partial charge on any atom is -0.291 e. The van der Waals surface area contributed by atoms with E-state index < -0.39 is 0 Å². The number of rotatable bonds is 3. The Bertz CT molecular complexity index is 1590. The van der Waals surface area contributed by atoms with Gasteiger partial charge in [-0.25, -0.2) is 4.98 Å². The molecule has 0 bridgehead atoms. The van der Waals surface area contributed by atoms with E-state index >= 15 is 0 Å². The van der Waals surface area contributed by atoms with E-state index in [1.54, 1.807) is 0 Å². The minimum absolute atomic E-state index is 0.0535. The largest absolute Gasteiger partial charge is 0.291 e. The fourth-order valence-corrected chi connectivity index (χ4v) is 5.80. The van der Waals surface area contributed by atoms with Gasteiger partial charge in [0.1, 0.15) is 5.65 Å². The van der Waals surface area contributed by atoms with Gasteiger partial charge in [-0.3, -0.25) is 4.40 Å². The van der Waals surface area contributed by atoms with Crippen LogP contribution in [0.2, 0.25) is 0 Å². The summed E-state index contributed by atoms with van der Waals surface area (Å²) in [4.78, 5) is 5.30. The second-order valence-corrected chi connectivity index (χ2v) is 11.0. The molecule has 5 rings (SSSR count). The van der Waals surface area contributed by atoms with Crippen LogP contribution in [0.3, 0.4) is 0 Å². The topological polar surface area (TPSA) is 17.3 Å². The molecule has 0 N–H and O–H groups in total. The van der Waals surface area contributed by atoms with Gasteiger partial charge in [0.15, 0.2) is 0 Å². The van der Waals surface area contributed by atoms with Crippen molar-refractivity contribution in [3.8, 4) is 11.3 Å². The number of hydrogen-bond donors (Lipinski definition) is 0. The van der Waals surface area contributed by atoms with E-state index in [1.165, 1.54) is 66.3 Å².